The first kappa shape index (κ1) is 11.6. The molecule has 1 unspecified atom stereocenters. The Kier molecular flexibility index (Phi) is 3.41. The van der Waals surface area contributed by atoms with Crippen LogP contribution in [0.4, 0.5) is 0 Å². The molecule has 1 heterocycles. The molecular weight excluding hydrogens is 198 g/mol. The molecule has 0 spiro atoms. The van der Waals surface area contributed by atoms with E-state index in [4.69, 9.17) is 5.11 Å². The summed E-state index contributed by atoms with van der Waals surface area (Å²) in [5.74, 6) is -1.08. The van der Waals surface area contributed by atoms with Crippen molar-refractivity contribution >= 4 is 5.97 Å². The third kappa shape index (κ3) is 2.53. The Bertz CT molecular complexity index is 357. The highest BCUT2D eigenvalue weighted by molar-refractivity contribution is 5.86. The van der Waals surface area contributed by atoms with Crippen LogP contribution in [0.5, 0.6) is 0 Å². The van der Waals surface area contributed by atoms with Crippen LogP contribution in [0.15, 0.2) is 0 Å². The minimum absolute atomic E-state index is 0.00449. The molecule has 0 radical (unpaired) electrons. The Morgan fingerprint density at radius 1 is 1.47 bits per heavy atom. The van der Waals surface area contributed by atoms with Crippen molar-refractivity contribution in [2.45, 2.75) is 39.3 Å². The van der Waals surface area contributed by atoms with Gasteiger partial charge in [0, 0.05) is 0 Å². The van der Waals surface area contributed by atoms with Gasteiger partial charge in [-0.05, 0) is 12.8 Å². The summed E-state index contributed by atoms with van der Waals surface area (Å²) in [5.41, 5.74) is 0.508. The molecule has 0 amide bonds. The molecule has 0 aromatic carbocycles. The van der Waals surface area contributed by atoms with Crippen molar-refractivity contribution in [2.24, 2.45) is 0 Å². The standard InChI is InChI=1S/C9H15N3O3/c1-5(2)8-7(9(14)15)10-11-12(8)4-6(3)13/h5-6,13H,4H2,1-3H3,(H,14,15). The quantitative estimate of drug-likeness (QED) is 0.759. The molecule has 2 N–H and O–H groups in total. The van der Waals surface area contributed by atoms with Crippen molar-refractivity contribution < 1.29 is 15.0 Å². The lowest BCUT2D eigenvalue weighted by atomic mass is 10.1. The van der Waals surface area contributed by atoms with E-state index in [0.29, 0.717) is 5.69 Å². The van der Waals surface area contributed by atoms with E-state index in [1.165, 1.54) is 4.68 Å². The monoisotopic (exact) mass is 213 g/mol. The number of carbonyl (C=O) groups is 1. The van der Waals surface area contributed by atoms with Crippen LogP contribution < -0.4 is 0 Å². The number of carboxylic acids is 1. The summed E-state index contributed by atoms with van der Waals surface area (Å²) in [6.07, 6.45) is -0.578. The second-order valence-electron chi connectivity index (χ2n) is 3.81. The van der Waals surface area contributed by atoms with Crippen molar-refractivity contribution in [1.29, 1.82) is 0 Å². The van der Waals surface area contributed by atoms with Crippen molar-refractivity contribution in [3.63, 3.8) is 0 Å². The largest absolute Gasteiger partial charge is 0.476 e. The normalized spacial score (nSPS) is 13.1. The SMILES string of the molecule is CC(O)Cn1nnc(C(=O)O)c1C(C)C. The fourth-order valence-corrected chi connectivity index (χ4v) is 1.43. The van der Waals surface area contributed by atoms with E-state index in [1.807, 2.05) is 13.8 Å². The minimum Gasteiger partial charge on any atom is -0.476 e. The summed E-state index contributed by atoms with van der Waals surface area (Å²) in [7, 11) is 0. The number of aliphatic hydroxyl groups excluding tert-OH is 1. The fraction of sp³-hybridized carbons (Fsp3) is 0.667. The Morgan fingerprint density at radius 2 is 2.07 bits per heavy atom. The predicted octanol–water partition coefficient (Wildman–Crippen LogP) is 0.480. The highest BCUT2D eigenvalue weighted by atomic mass is 16.4. The summed E-state index contributed by atoms with van der Waals surface area (Å²) in [6.45, 7) is 5.60. The topological polar surface area (TPSA) is 88.2 Å². The molecule has 6 nitrogen and oxygen atoms in total. The lowest BCUT2D eigenvalue weighted by molar-refractivity contribution is 0.0688. The Labute approximate surface area is 87.5 Å². The molecule has 0 saturated heterocycles. The van der Waals surface area contributed by atoms with Gasteiger partial charge in [-0.3, -0.25) is 0 Å². The van der Waals surface area contributed by atoms with Gasteiger partial charge in [0.25, 0.3) is 0 Å². The van der Waals surface area contributed by atoms with Gasteiger partial charge in [0.05, 0.1) is 18.3 Å². The van der Waals surface area contributed by atoms with E-state index in [9.17, 15) is 9.90 Å². The van der Waals surface area contributed by atoms with E-state index >= 15 is 0 Å². The molecule has 0 aliphatic carbocycles. The third-order valence-electron chi connectivity index (χ3n) is 1.96. The van der Waals surface area contributed by atoms with E-state index in [1.54, 1.807) is 6.92 Å². The lowest BCUT2D eigenvalue weighted by Gasteiger charge is -2.10. The highest BCUT2D eigenvalue weighted by Crippen LogP contribution is 2.17. The maximum atomic E-state index is 10.8. The van der Waals surface area contributed by atoms with Gasteiger partial charge in [0.15, 0.2) is 5.69 Å². The van der Waals surface area contributed by atoms with E-state index in [-0.39, 0.29) is 18.2 Å². The van der Waals surface area contributed by atoms with Gasteiger partial charge in [-0.1, -0.05) is 19.1 Å². The van der Waals surface area contributed by atoms with Gasteiger partial charge in [-0.15, -0.1) is 5.10 Å². The summed E-state index contributed by atoms with van der Waals surface area (Å²) in [4.78, 5) is 10.8. The molecule has 0 fully saturated rings. The summed E-state index contributed by atoms with van der Waals surface area (Å²) in [6, 6.07) is 0. The molecule has 1 aromatic heterocycles. The van der Waals surface area contributed by atoms with Crippen LogP contribution in [-0.4, -0.2) is 37.3 Å². The molecule has 1 rings (SSSR count). The third-order valence-corrected chi connectivity index (χ3v) is 1.96. The number of hydrogen-bond donors (Lipinski definition) is 2. The molecular formula is C9H15N3O3. The summed E-state index contributed by atoms with van der Waals surface area (Å²) in [5, 5.41) is 25.4. The highest BCUT2D eigenvalue weighted by Gasteiger charge is 2.21. The predicted molar refractivity (Wildman–Crippen MR) is 52.8 cm³/mol. The zero-order chi connectivity index (χ0) is 11.6. The Morgan fingerprint density at radius 3 is 2.47 bits per heavy atom. The molecule has 0 bridgehead atoms. The molecule has 1 atom stereocenters. The fourth-order valence-electron chi connectivity index (χ4n) is 1.43. The maximum Gasteiger partial charge on any atom is 0.358 e. The van der Waals surface area contributed by atoms with Crippen LogP contribution in [0, 0.1) is 0 Å². The zero-order valence-electron chi connectivity index (χ0n) is 9.01. The Balaban J connectivity index is 3.12. The van der Waals surface area contributed by atoms with Crippen molar-refractivity contribution in [3.8, 4) is 0 Å². The summed E-state index contributed by atoms with van der Waals surface area (Å²) < 4.78 is 1.44. The van der Waals surface area contributed by atoms with Crippen LogP contribution in [-0.2, 0) is 6.54 Å². The molecule has 15 heavy (non-hydrogen) atoms. The maximum absolute atomic E-state index is 10.8. The van der Waals surface area contributed by atoms with Gasteiger partial charge in [0.1, 0.15) is 0 Å². The lowest BCUT2D eigenvalue weighted by Crippen LogP contribution is -2.17. The first-order valence-corrected chi connectivity index (χ1v) is 4.78. The minimum atomic E-state index is -1.09. The Hall–Kier alpha value is -1.43. The smallest absolute Gasteiger partial charge is 0.358 e. The molecule has 0 saturated carbocycles. The second-order valence-corrected chi connectivity index (χ2v) is 3.81. The number of nitrogens with zero attached hydrogens (tertiary/aromatic N) is 3. The van der Waals surface area contributed by atoms with Crippen LogP contribution in [0.3, 0.4) is 0 Å². The average Bonchev–Trinajstić information content (AvgIpc) is 2.46. The van der Waals surface area contributed by atoms with Gasteiger partial charge in [-0.25, -0.2) is 9.48 Å². The first-order chi connectivity index (χ1) is 6.93. The van der Waals surface area contributed by atoms with Gasteiger partial charge < -0.3 is 10.2 Å². The average molecular weight is 213 g/mol. The van der Waals surface area contributed by atoms with Crippen LogP contribution in [0.2, 0.25) is 0 Å². The number of carboxylic acid groups (broad SMARTS) is 1. The number of hydrogen-bond acceptors (Lipinski definition) is 4. The zero-order valence-corrected chi connectivity index (χ0v) is 9.01. The first-order valence-electron chi connectivity index (χ1n) is 4.78. The van der Waals surface area contributed by atoms with Gasteiger partial charge in [0.2, 0.25) is 0 Å². The van der Waals surface area contributed by atoms with E-state index in [0.717, 1.165) is 0 Å². The molecule has 1 aromatic rings. The summed E-state index contributed by atoms with van der Waals surface area (Å²) >= 11 is 0. The van der Waals surface area contributed by atoms with E-state index < -0.39 is 12.1 Å². The van der Waals surface area contributed by atoms with Crippen molar-refractivity contribution in [3.05, 3.63) is 11.4 Å². The number of aromatic nitrogens is 3. The second kappa shape index (κ2) is 4.39. The van der Waals surface area contributed by atoms with Crippen LogP contribution in [0.25, 0.3) is 0 Å². The molecule has 0 aliphatic heterocycles. The van der Waals surface area contributed by atoms with Crippen molar-refractivity contribution in [1.82, 2.24) is 15.0 Å². The van der Waals surface area contributed by atoms with Gasteiger partial charge >= 0.3 is 5.97 Å². The molecule has 84 valence electrons. The number of aromatic carboxylic acids is 1. The molecule has 6 heteroatoms. The number of rotatable bonds is 4. The molecule has 0 aliphatic rings. The van der Waals surface area contributed by atoms with Crippen molar-refractivity contribution in [2.75, 3.05) is 0 Å². The van der Waals surface area contributed by atoms with Gasteiger partial charge in [-0.2, -0.15) is 0 Å². The van der Waals surface area contributed by atoms with E-state index in [2.05, 4.69) is 10.3 Å². The van der Waals surface area contributed by atoms with Crippen LogP contribution in [0.1, 0.15) is 42.9 Å². The number of aliphatic hydroxyl groups is 1. The van der Waals surface area contributed by atoms with Crippen LogP contribution >= 0.6 is 0 Å².